The van der Waals surface area contributed by atoms with E-state index in [9.17, 15) is 0 Å². The van der Waals surface area contributed by atoms with E-state index in [0.717, 1.165) is 0 Å². The molecule has 0 unspecified atom stereocenters. The van der Waals surface area contributed by atoms with Gasteiger partial charge >= 0.3 is 0 Å². The summed E-state index contributed by atoms with van der Waals surface area (Å²) in [4.78, 5) is 0. The smallest absolute Gasteiger partial charge is 0.0351 e. The monoisotopic (exact) mass is 111 g/mol. The van der Waals surface area contributed by atoms with Gasteiger partial charge in [-0.1, -0.05) is 26.7 Å². The van der Waals surface area contributed by atoms with Crippen LogP contribution in [0.25, 0.3) is 0 Å². The van der Waals surface area contributed by atoms with Gasteiger partial charge in [-0.2, -0.15) is 0 Å². The van der Waals surface area contributed by atoms with Crippen molar-refractivity contribution in [1.29, 1.82) is 0 Å². The summed E-state index contributed by atoms with van der Waals surface area (Å²) >= 11 is 0. The lowest BCUT2D eigenvalue weighted by Gasteiger charge is -2.28. The van der Waals surface area contributed by atoms with Crippen molar-refractivity contribution in [2.75, 3.05) is 0 Å². The highest BCUT2D eigenvalue weighted by atomic mass is 14.3. The standard InChI is InChI=1S/C8H15/c1-8(2)6-4-3-5-7-8/h4H,3,5-7H2,1-2H3. The van der Waals surface area contributed by atoms with E-state index >= 15 is 0 Å². The van der Waals surface area contributed by atoms with Crippen LogP contribution in [0, 0.1) is 11.8 Å². The predicted octanol–water partition coefficient (Wildman–Crippen LogP) is 2.79. The van der Waals surface area contributed by atoms with E-state index in [1.807, 2.05) is 0 Å². The van der Waals surface area contributed by atoms with Crippen molar-refractivity contribution in [3.63, 3.8) is 0 Å². The molecular weight excluding hydrogens is 96.1 g/mol. The van der Waals surface area contributed by atoms with Crippen LogP contribution in [0.4, 0.5) is 0 Å². The molecule has 0 aliphatic heterocycles. The molecule has 0 aromatic heterocycles. The Labute approximate surface area is 52.3 Å². The fourth-order valence-electron chi connectivity index (χ4n) is 1.32. The normalized spacial score (nSPS) is 27.8. The molecule has 1 radical (unpaired) electrons. The zero-order valence-electron chi connectivity index (χ0n) is 5.91. The summed E-state index contributed by atoms with van der Waals surface area (Å²) in [5.74, 6) is 0. The first kappa shape index (κ1) is 6.12. The van der Waals surface area contributed by atoms with Crippen LogP contribution in [0.1, 0.15) is 39.5 Å². The zero-order chi connectivity index (χ0) is 6.04. The average Bonchev–Trinajstić information content (AvgIpc) is 1.65. The maximum Gasteiger partial charge on any atom is -0.0351 e. The van der Waals surface area contributed by atoms with Crippen molar-refractivity contribution in [1.82, 2.24) is 0 Å². The van der Waals surface area contributed by atoms with Crippen LogP contribution in [-0.4, -0.2) is 0 Å². The first-order valence-electron chi connectivity index (χ1n) is 3.52. The van der Waals surface area contributed by atoms with E-state index in [2.05, 4.69) is 20.3 Å². The second kappa shape index (κ2) is 2.08. The molecule has 0 bridgehead atoms. The quantitative estimate of drug-likeness (QED) is 0.451. The highest BCUT2D eigenvalue weighted by molar-refractivity contribution is 4.82. The van der Waals surface area contributed by atoms with Gasteiger partial charge in [0.25, 0.3) is 0 Å². The fraction of sp³-hybridized carbons (Fsp3) is 0.875. The number of rotatable bonds is 0. The summed E-state index contributed by atoms with van der Waals surface area (Å²) in [5.41, 5.74) is 0.623. The summed E-state index contributed by atoms with van der Waals surface area (Å²) in [6.45, 7) is 4.70. The molecule has 1 saturated carbocycles. The van der Waals surface area contributed by atoms with Crippen molar-refractivity contribution < 1.29 is 0 Å². The maximum absolute atomic E-state index is 2.42. The summed E-state index contributed by atoms with van der Waals surface area (Å²) in [5, 5.41) is 0. The van der Waals surface area contributed by atoms with Crippen molar-refractivity contribution in [3.05, 3.63) is 6.42 Å². The van der Waals surface area contributed by atoms with Crippen molar-refractivity contribution in [2.45, 2.75) is 39.5 Å². The van der Waals surface area contributed by atoms with E-state index in [4.69, 9.17) is 0 Å². The third-order valence-electron chi connectivity index (χ3n) is 1.96. The van der Waals surface area contributed by atoms with E-state index < -0.39 is 0 Å². The van der Waals surface area contributed by atoms with Crippen LogP contribution in [0.15, 0.2) is 0 Å². The van der Waals surface area contributed by atoms with Crippen LogP contribution in [0.2, 0.25) is 0 Å². The molecule has 8 heavy (non-hydrogen) atoms. The Bertz CT molecular complexity index is 64.1. The Hall–Kier alpha value is 0. The predicted molar refractivity (Wildman–Crippen MR) is 36.5 cm³/mol. The zero-order valence-corrected chi connectivity index (χ0v) is 5.91. The lowest BCUT2D eigenvalue weighted by atomic mass is 9.78. The Kier molecular flexibility index (Phi) is 1.59. The SMILES string of the molecule is CC1(C)C[CH]CCC1. The molecule has 0 amide bonds. The number of hydrogen-bond donors (Lipinski definition) is 0. The molecule has 0 heteroatoms. The van der Waals surface area contributed by atoms with Gasteiger partial charge in [0, 0.05) is 0 Å². The Morgan fingerprint density at radius 1 is 1.38 bits per heavy atom. The van der Waals surface area contributed by atoms with E-state index in [-0.39, 0.29) is 0 Å². The van der Waals surface area contributed by atoms with Gasteiger partial charge in [-0.25, -0.2) is 0 Å². The van der Waals surface area contributed by atoms with Crippen LogP contribution in [0.3, 0.4) is 0 Å². The van der Waals surface area contributed by atoms with Crippen molar-refractivity contribution >= 4 is 0 Å². The van der Waals surface area contributed by atoms with E-state index in [1.54, 1.807) is 0 Å². The van der Waals surface area contributed by atoms with Gasteiger partial charge in [-0.3, -0.25) is 0 Å². The molecule has 0 aromatic carbocycles. The maximum atomic E-state index is 2.42. The third kappa shape index (κ3) is 1.50. The van der Waals surface area contributed by atoms with Gasteiger partial charge in [0.15, 0.2) is 0 Å². The minimum atomic E-state index is 0.623. The Morgan fingerprint density at radius 2 is 2.12 bits per heavy atom. The first-order valence-corrected chi connectivity index (χ1v) is 3.52. The summed E-state index contributed by atoms with van der Waals surface area (Å²) in [6.07, 6.45) is 7.93. The molecule has 0 saturated heterocycles. The summed E-state index contributed by atoms with van der Waals surface area (Å²) < 4.78 is 0. The molecule has 0 aromatic rings. The second-order valence-electron chi connectivity index (χ2n) is 3.55. The van der Waals surface area contributed by atoms with Crippen LogP contribution >= 0.6 is 0 Å². The Balaban J connectivity index is 2.33. The molecular formula is C8H15. The highest BCUT2D eigenvalue weighted by Crippen LogP contribution is 2.33. The summed E-state index contributed by atoms with van der Waals surface area (Å²) in [6, 6.07) is 0. The van der Waals surface area contributed by atoms with E-state index in [0.29, 0.717) is 5.41 Å². The second-order valence-corrected chi connectivity index (χ2v) is 3.55. The molecule has 1 rings (SSSR count). The van der Waals surface area contributed by atoms with Gasteiger partial charge in [0.1, 0.15) is 0 Å². The lowest BCUT2D eigenvalue weighted by Crippen LogP contribution is -2.15. The van der Waals surface area contributed by atoms with Crippen molar-refractivity contribution in [3.8, 4) is 0 Å². The molecule has 0 atom stereocenters. The van der Waals surface area contributed by atoms with Crippen LogP contribution in [-0.2, 0) is 0 Å². The molecule has 1 fully saturated rings. The van der Waals surface area contributed by atoms with Gasteiger partial charge in [-0.05, 0) is 24.7 Å². The molecule has 1 aliphatic carbocycles. The molecule has 0 N–H and O–H groups in total. The molecule has 47 valence electrons. The molecule has 0 nitrogen and oxygen atoms in total. The highest BCUT2D eigenvalue weighted by Gasteiger charge is 2.20. The molecule has 0 heterocycles. The minimum Gasteiger partial charge on any atom is -0.0599 e. The van der Waals surface area contributed by atoms with Crippen LogP contribution < -0.4 is 0 Å². The van der Waals surface area contributed by atoms with Gasteiger partial charge in [0.05, 0.1) is 0 Å². The first-order chi connectivity index (χ1) is 3.71. The van der Waals surface area contributed by atoms with E-state index in [1.165, 1.54) is 25.7 Å². The average molecular weight is 111 g/mol. The lowest BCUT2D eigenvalue weighted by molar-refractivity contribution is 0.285. The van der Waals surface area contributed by atoms with Gasteiger partial charge in [0.2, 0.25) is 0 Å². The molecule has 0 spiro atoms. The summed E-state index contributed by atoms with van der Waals surface area (Å²) in [7, 11) is 0. The Morgan fingerprint density at radius 3 is 2.38 bits per heavy atom. The third-order valence-corrected chi connectivity index (χ3v) is 1.96. The largest absolute Gasteiger partial charge is 0.0599 e. The number of hydrogen-bond acceptors (Lipinski definition) is 0. The van der Waals surface area contributed by atoms with Gasteiger partial charge < -0.3 is 0 Å². The molecule has 1 aliphatic rings. The van der Waals surface area contributed by atoms with Crippen molar-refractivity contribution in [2.24, 2.45) is 5.41 Å². The van der Waals surface area contributed by atoms with Crippen LogP contribution in [0.5, 0.6) is 0 Å². The fourth-order valence-corrected chi connectivity index (χ4v) is 1.32. The minimum absolute atomic E-state index is 0.623. The topological polar surface area (TPSA) is 0 Å². The van der Waals surface area contributed by atoms with Gasteiger partial charge in [-0.15, -0.1) is 0 Å².